The van der Waals surface area contributed by atoms with Crippen molar-refractivity contribution in [1.82, 2.24) is 4.98 Å². The maximum atomic E-state index is 4.62. The van der Waals surface area contributed by atoms with Crippen molar-refractivity contribution in [3.63, 3.8) is 0 Å². The highest BCUT2D eigenvalue weighted by atomic mass is 14.6. The van der Waals surface area contributed by atoms with E-state index in [1.807, 2.05) is 6.20 Å². The Kier molecular flexibility index (Phi) is 4.65. The molecule has 0 aliphatic carbocycles. The maximum Gasteiger partial charge on any atom is 0.0353 e. The molecule has 1 heterocycles. The van der Waals surface area contributed by atoms with E-state index in [1.165, 1.54) is 76.5 Å². The van der Waals surface area contributed by atoms with Gasteiger partial charge in [-0.1, -0.05) is 97.1 Å². The van der Waals surface area contributed by atoms with Gasteiger partial charge in [-0.25, -0.2) is 0 Å². The highest BCUT2D eigenvalue weighted by Gasteiger charge is 2.20. The van der Waals surface area contributed by atoms with Crippen LogP contribution < -0.4 is 0 Å². The van der Waals surface area contributed by atoms with Crippen LogP contribution >= 0.6 is 0 Å². The van der Waals surface area contributed by atoms with Crippen molar-refractivity contribution in [2.45, 2.75) is 13.8 Å². The van der Waals surface area contributed by atoms with Crippen LogP contribution in [0.3, 0.4) is 0 Å². The third-order valence-electron chi connectivity index (χ3n) is 7.65. The Morgan fingerprint density at radius 2 is 0.944 bits per heavy atom. The van der Waals surface area contributed by atoms with Crippen molar-refractivity contribution in [1.29, 1.82) is 0 Å². The molecular weight excluding hydrogens is 434 g/mol. The molecule has 0 spiro atoms. The molecule has 0 saturated heterocycles. The molecule has 7 rings (SSSR count). The van der Waals surface area contributed by atoms with Gasteiger partial charge in [-0.3, -0.25) is 4.98 Å². The Labute approximate surface area is 210 Å². The molecule has 0 bridgehead atoms. The van der Waals surface area contributed by atoms with Gasteiger partial charge in [0, 0.05) is 17.8 Å². The number of nitrogens with zero attached hydrogens (tertiary/aromatic N) is 1. The summed E-state index contributed by atoms with van der Waals surface area (Å²) in [4.78, 5) is 4.62. The Morgan fingerprint density at radius 1 is 0.444 bits per heavy atom. The van der Waals surface area contributed by atoms with Crippen molar-refractivity contribution in [3.8, 4) is 22.3 Å². The number of pyridine rings is 1. The molecule has 6 aromatic carbocycles. The summed E-state index contributed by atoms with van der Waals surface area (Å²) in [6, 6.07) is 37.6. The van der Waals surface area contributed by atoms with E-state index < -0.39 is 0 Å². The van der Waals surface area contributed by atoms with E-state index in [-0.39, 0.29) is 0 Å². The molecule has 170 valence electrons. The summed E-state index contributed by atoms with van der Waals surface area (Å²) < 4.78 is 0. The second kappa shape index (κ2) is 8.03. The normalized spacial score (nSPS) is 11.6. The van der Waals surface area contributed by atoms with E-state index in [1.54, 1.807) is 0 Å². The Bertz CT molecular complexity index is 1810. The van der Waals surface area contributed by atoms with E-state index in [9.17, 15) is 0 Å². The van der Waals surface area contributed by atoms with Crippen LogP contribution in [0.15, 0.2) is 116 Å². The number of aryl methyl sites for hydroxylation is 2. The highest BCUT2D eigenvalue weighted by Crippen LogP contribution is 2.46. The average Bonchev–Trinajstić information content (AvgIpc) is 2.92. The zero-order chi connectivity index (χ0) is 24.2. The second-order valence-electron chi connectivity index (χ2n) is 9.71. The van der Waals surface area contributed by atoms with Gasteiger partial charge in [0.1, 0.15) is 0 Å². The molecular formula is C35H25N. The summed E-state index contributed by atoms with van der Waals surface area (Å²) >= 11 is 0. The number of fused-ring (bicyclic) bond motifs is 4. The van der Waals surface area contributed by atoms with Crippen molar-refractivity contribution >= 4 is 43.1 Å². The minimum absolute atomic E-state index is 1.19. The van der Waals surface area contributed by atoms with Crippen LogP contribution in [0.1, 0.15) is 11.1 Å². The fourth-order valence-electron chi connectivity index (χ4n) is 5.80. The lowest BCUT2D eigenvalue weighted by Crippen LogP contribution is -1.94. The summed E-state index contributed by atoms with van der Waals surface area (Å²) in [5, 5.41) is 10.0. The van der Waals surface area contributed by atoms with Crippen molar-refractivity contribution in [2.24, 2.45) is 0 Å². The van der Waals surface area contributed by atoms with Crippen molar-refractivity contribution in [3.05, 3.63) is 127 Å². The lowest BCUT2D eigenvalue weighted by Gasteiger charge is -2.20. The van der Waals surface area contributed by atoms with Gasteiger partial charge in [0.05, 0.1) is 0 Å². The van der Waals surface area contributed by atoms with Gasteiger partial charge in [0.2, 0.25) is 0 Å². The second-order valence-corrected chi connectivity index (χ2v) is 9.71. The third-order valence-corrected chi connectivity index (χ3v) is 7.65. The van der Waals surface area contributed by atoms with Crippen LogP contribution in [0.25, 0.3) is 65.3 Å². The molecule has 0 amide bonds. The summed E-state index contributed by atoms with van der Waals surface area (Å²) in [5.41, 5.74) is 7.67. The summed E-state index contributed by atoms with van der Waals surface area (Å²) in [6.45, 7) is 4.43. The summed E-state index contributed by atoms with van der Waals surface area (Å²) in [7, 11) is 0. The first-order valence-electron chi connectivity index (χ1n) is 12.5. The van der Waals surface area contributed by atoms with E-state index in [2.05, 4.69) is 128 Å². The number of benzene rings is 6. The van der Waals surface area contributed by atoms with Crippen molar-refractivity contribution < 1.29 is 0 Å². The predicted molar refractivity (Wildman–Crippen MR) is 155 cm³/mol. The van der Waals surface area contributed by atoms with E-state index in [0.29, 0.717) is 0 Å². The topological polar surface area (TPSA) is 12.9 Å². The summed E-state index contributed by atoms with van der Waals surface area (Å²) in [5.74, 6) is 0. The molecule has 36 heavy (non-hydrogen) atoms. The molecule has 0 aliphatic rings. The number of aromatic nitrogens is 1. The predicted octanol–water partition coefficient (Wildman–Crippen LogP) is 9.65. The van der Waals surface area contributed by atoms with Crippen LogP contribution in [-0.4, -0.2) is 4.98 Å². The van der Waals surface area contributed by atoms with Crippen LogP contribution in [0, 0.1) is 13.8 Å². The van der Waals surface area contributed by atoms with Gasteiger partial charge >= 0.3 is 0 Å². The Balaban J connectivity index is 1.74. The first-order chi connectivity index (χ1) is 17.7. The van der Waals surface area contributed by atoms with Crippen LogP contribution in [-0.2, 0) is 0 Å². The largest absolute Gasteiger partial charge is 0.264 e. The Morgan fingerprint density at radius 3 is 1.53 bits per heavy atom. The van der Waals surface area contributed by atoms with Gasteiger partial charge in [-0.15, -0.1) is 0 Å². The molecule has 0 atom stereocenters. The first kappa shape index (κ1) is 20.8. The Hall–Kier alpha value is -4.49. The molecule has 0 N–H and O–H groups in total. The average molecular weight is 460 g/mol. The zero-order valence-corrected chi connectivity index (χ0v) is 20.4. The van der Waals surface area contributed by atoms with Gasteiger partial charge in [-0.2, -0.15) is 0 Å². The number of hydrogen-bond acceptors (Lipinski definition) is 1. The van der Waals surface area contributed by atoms with Gasteiger partial charge in [0.15, 0.2) is 0 Å². The van der Waals surface area contributed by atoms with Gasteiger partial charge < -0.3 is 0 Å². The summed E-state index contributed by atoms with van der Waals surface area (Å²) in [6.07, 6.45) is 3.98. The molecule has 0 radical (unpaired) electrons. The standard InChI is InChI=1S/C35H25N/c1-22-19-31-32(20-23(22)2)35(29-16-8-12-25-10-4-6-14-27(25)29)33-21-36-18-17-30(33)34(31)28-15-7-11-24-9-3-5-13-26(24)28/h3-21H,1-2H3. The molecule has 0 unspecified atom stereocenters. The van der Waals surface area contributed by atoms with Gasteiger partial charge in [0.25, 0.3) is 0 Å². The molecule has 0 aliphatic heterocycles. The lowest BCUT2D eigenvalue weighted by molar-refractivity contribution is 1.36. The van der Waals surface area contributed by atoms with E-state index >= 15 is 0 Å². The molecule has 1 aromatic heterocycles. The van der Waals surface area contributed by atoms with Crippen LogP contribution in [0.5, 0.6) is 0 Å². The molecule has 1 heteroatoms. The first-order valence-corrected chi connectivity index (χ1v) is 12.5. The van der Waals surface area contributed by atoms with E-state index in [4.69, 9.17) is 0 Å². The van der Waals surface area contributed by atoms with Crippen molar-refractivity contribution in [2.75, 3.05) is 0 Å². The molecule has 0 fully saturated rings. The fraction of sp³-hybridized carbons (Fsp3) is 0.0571. The SMILES string of the molecule is Cc1cc2c(-c3cccc4ccccc34)c3ccncc3c(-c3cccc4ccccc34)c2cc1C. The van der Waals surface area contributed by atoms with E-state index in [0.717, 1.165) is 0 Å². The minimum Gasteiger partial charge on any atom is -0.264 e. The number of hydrogen-bond donors (Lipinski definition) is 0. The van der Waals surface area contributed by atoms with Crippen LogP contribution in [0.4, 0.5) is 0 Å². The quantitative estimate of drug-likeness (QED) is 0.235. The molecule has 7 aromatic rings. The monoisotopic (exact) mass is 459 g/mol. The molecule has 1 nitrogen and oxygen atoms in total. The minimum atomic E-state index is 1.19. The number of rotatable bonds is 2. The van der Waals surface area contributed by atoms with Crippen LogP contribution in [0.2, 0.25) is 0 Å². The van der Waals surface area contributed by atoms with Gasteiger partial charge in [-0.05, 0) is 91.0 Å². The maximum absolute atomic E-state index is 4.62. The third kappa shape index (κ3) is 3.06. The smallest absolute Gasteiger partial charge is 0.0353 e. The lowest BCUT2D eigenvalue weighted by atomic mass is 9.83. The molecule has 0 saturated carbocycles. The highest BCUT2D eigenvalue weighted by molar-refractivity contribution is 6.25. The zero-order valence-electron chi connectivity index (χ0n) is 20.4. The fourth-order valence-corrected chi connectivity index (χ4v) is 5.80.